The highest BCUT2D eigenvalue weighted by atomic mass is 35.5. The Hall–Kier alpha value is -2.60. The largest absolute Gasteiger partial charge is 0.392 e. The van der Waals surface area contributed by atoms with Crippen molar-refractivity contribution in [1.29, 1.82) is 0 Å². The first-order valence-corrected chi connectivity index (χ1v) is 10.7. The molecule has 2 rings (SSSR count). The number of benzene rings is 1. The molecule has 1 aliphatic heterocycles. The number of methoxy groups -OCH3 is 1. The predicted octanol–water partition coefficient (Wildman–Crippen LogP) is -0.115. The van der Waals surface area contributed by atoms with Gasteiger partial charge in [-0.3, -0.25) is 19.7 Å². The highest BCUT2D eigenvalue weighted by Crippen LogP contribution is 2.35. The Bertz CT molecular complexity index is 1010. The lowest BCUT2D eigenvalue weighted by atomic mass is 9.94. The first-order valence-electron chi connectivity index (χ1n) is 8.88. The second-order valence-corrected chi connectivity index (χ2v) is 8.91. The number of sulfone groups is 1. The molecule has 0 aromatic heterocycles. The van der Waals surface area contributed by atoms with E-state index >= 15 is 0 Å². The van der Waals surface area contributed by atoms with Gasteiger partial charge in [0.15, 0.2) is 9.84 Å². The Morgan fingerprint density at radius 2 is 1.94 bits per heavy atom. The minimum absolute atomic E-state index is 0. The Morgan fingerprint density at radius 1 is 1.32 bits per heavy atom. The fraction of sp³-hybridized carbons (Fsp3) is 0.400. The smallest absolute Gasteiger partial charge is 0.269 e. The van der Waals surface area contributed by atoms with Crippen molar-refractivity contribution in [3.05, 3.63) is 29.8 Å². The maximum Gasteiger partial charge on any atom is 0.269 e. The molecule has 168 valence electrons. The zero-order valence-electron chi connectivity index (χ0n) is 16.9. The topological polar surface area (TPSA) is 133 Å². The number of rotatable bonds is 7. The van der Waals surface area contributed by atoms with Crippen molar-refractivity contribution < 1.29 is 33.1 Å². The average molecular weight is 471 g/mol. The summed E-state index contributed by atoms with van der Waals surface area (Å²) in [6.45, 7) is 1.62. The third-order valence-electron chi connectivity index (χ3n) is 4.50. The van der Waals surface area contributed by atoms with Crippen LogP contribution >= 0.6 is 12.4 Å². The van der Waals surface area contributed by atoms with Crippen LogP contribution in [0, 0.1) is 23.7 Å². The zero-order valence-corrected chi connectivity index (χ0v) is 18.5. The molecule has 11 heteroatoms. The summed E-state index contributed by atoms with van der Waals surface area (Å²) < 4.78 is 28.8. The summed E-state index contributed by atoms with van der Waals surface area (Å²) >= 11 is 0. The molecule has 2 amide bonds. The lowest BCUT2D eigenvalue weighted by molar-refractivity contribution is -0.138. The van der Waals surface area contributed by atoms with Crippen LogP contribution < -0.4 is 10.4 Å². The van der Waals surface area contributed by atoms with Crippen LogP contribution in [0.15, 0.2) is 24.3 Å². The molecule has 1 heterocycles. The highest BCUT2D eigenvalue weighted by Gasteiger charge is 2.59. The number of aliphatic hydroxyl groups excluding tert-OH is 1. The Kier molecular flexibility index (Phi) is 9.50. The molecular weight excluding hydrogens is 448 g/mol. The molecule has 0 radical (unpaired) electrons. The van der Waals surface area contributed by atoms with Crippen LogP contribution in [-0.2, 0) is 24.2 Å². The Balaban J connectivity index is 0.00000480. The van der Waals surface area contributed by atoms with Gasteiger partial charge in [0.25, 0.3) is 5.91 Å². The molecule has 1 aromatic rings. The van der Waals surface area contributed by atoms with Crippen molar-refractivity contribution in [2.24, 2.45) is 0 Å². The second-order valence-electron chi connectivity index (χ2n) is 6.84. The van der Waals surface area contributed by atoms with E-state index in [0.29, 0.717) is 18.4 Å². The quantitative estimate of drug-likeness (QED) is 0.219. The van der Waals surface area contributed by atoms with Crippen LogP contribution in [-0.4, -0.2) is 67.4 Å². The maximum absolute atomic E-state index is 12.3. The molecule has 31 heavy (non-hydrogen) atoms. The van der Waals surface area contributed by atoms with Crippen molar-refractivity contribution in [3.8, 4) is 23.7 Å². The van der Waals surface area contributed by atoms with E-state index < -0.39 is 45.0 Å². The molecule has 3 N–H and O–H groups in total. The van der Waals surface area contributed by atoms with Gasteiger partial charge in [0, 0.05) is 24.8 Å². The molecule has 0 spiro atoms. The number of aliphatic hydroxyl groups is 1. The summed E-state index contributed by atoms with van der Waals surface area (Å²) in [5, 5.41) is 18.3. The molecule has 1 aliphatic rings. The third kappa shape index (κ3) is 6.44. The second kappa shape index (κ2) is 11.1. The third-order valence-corrected chi connectivity index (χ3v) is 6.36. The van der Waals surface area contributed by atoms with Gasteiger partial charge >= 0.3 is 0 Å². The minimum Gasteiger partial charge on any atom is -0.392 e. The standard InChI is InChI=1S/C20H22N2O7S.ClH/c1-15(24)6-4-3-5-7-16-8-10-17(11-9-16)22(14-23)18(19(25)21-26)20(29-2)12-30(27,28)13-20;/h8-11,14-15,18,24,26H,6,12-13H2,1-2H3,(H,21,25);1H. The molecule has 1 saturated heterocycles. The number of carbonyl (C=O) groups is 2. The number of halogens is 1. The van der Waals surface area contributed by atoms with Gasteiger partial charge in [0.1, 0.15) is 11.6 Å². The van der Waals surface area contributed by atoms with Crippen molar-refractivity contribution in [2.75, 3.05) is 23.5 Å². The van der Waals surface area contributed by atoms with Gasteiger partial charge in [-0.2, -0.15) is 0 Å². The number of hydroxylamine groups is 1. The van der Waals surface area contributed by atoms with E-state index in [1.165, 1.54) is 24.7 Å². The number of nitrogens with one attached hydrogen (secondary N) is 1. The summed E-state index contributed by atoms with van der Waals surface area (Å²) in [4.78, 5) is 25.1. The first kappa shape index (κ1) is 26.4. The van der Waals surface area contributed by atoms with Gasteiger partial charge in [-0.25, -0.2) is 13.9 Å². The van der Waals surface area contributed by atoms with Crippen molar-refractivity contribution in [1.82, 2.24) is 5.48 Å². The van der Waals surface area contributed by atoms with Crippen LogP contribution in [0.2, 0.25) is 0 Å². The Labute approximate surface area is 187 Å². The van der Waals surface area contributed by atoms with Gasteiger partial charge in [0.05, 0.1) is 17.6 Å². The molecule has 0 aliphatic carbocycles. The van der Waals surface area contributed by atoms with E-state index in [9.17, 15) is 18.0 Å². The summed E-state index contributed by atoms with van der Waals surface area (Å²) in [5.41, 5.74) is 0.865. The number of carbonyl (C=O) groups excluding carboxylic acids is 2. The molecule has 0 saturated carbocycles. The van der Waals surface area contributed by atoms with Gasteiger partial charge in [-0.15, -0.1) is 12.4 Å². The van der Waals surface area contributed by atoms with E-state index in [4.69, 9.17) is 15.1 Å². The number of hydrogen-bond donors (Lipinski definition) is 3. The molecule has 1 aromatic carbocycles. The normalized spacial score (nSPS) is 17.0. The van der Waals surface area contributed by atoms with Crippen molar-refractivity contribution >= 4 is 40.2 Å². The van der Waals surface area contributed by atoms with E-state index in [1.54, 1.807) is 19.1 Å². The fourth-order valence-electron chi connectivity index (χ4n) is 3.10. The zero-order chi connectivity index (χ0) is 22.4. The van der Waals surface area contributed by atoms with E-state index in [1.807, 2.05) is 0 Å². The molecule has 2 atom stereocenters. The van der Waals surface area contributed by atoms with Crippen LogP contribution in [0.1, 0.15) is 18.9 Å². The van der Waals surface area contributed by atoms with Gasteiger partial charge < -0.3 is 9.84 Å². The number of ether oxygens (including phenoxy) is 1. The number of amides is 2. The summed E-state index contributed by atoms with van der Waals surface area (Å²) in [5.74, 6) is 8.86. The predicted molar refractivity (Wildman–Crippen MR) is 115 cm³/mol. The van der Waals surface area contributed by atoms with Gasteiger partial charge in [-0.1, -0.05) is 11.8 Å². The fourth-order valence-corrected chi connectivity index (χ4v) is 5.06. The SMILES string of the molecule is COC1(C(C(=O)NO)N(C=O)c2ccc(C#CC#CCC(C)O)cc2)CS(=O)(=O)C1.Cl. The van der Waals surface area contributed by atoms with Gasteiger partial charge in [-0.05, 0) is 43.0 Å². The summed E-state index contributed by atoms with van der Waals surface area (Å²) in [6, 6.07) is 4.84. The lowest BCUT2D eigenvalue weighted by Crippen LogP contribution is -2.71. The lowest BCUT2D eigenvalue weighted by Gasteiger charge is -2.47. The number of nitrogens with zero attached hydrogens (tertiary/aromatic N) is 1. The van der Waals surface area contributed by atoms with Crippen LogP contribution in [0.4, 0.5) is 5.69 Å². The number of anilines is 1. The Morgan fingerprint density at radius 3 is 2.39 bits per heavy atom. The van der Waals surface area contributed by atoms with Gasteiger partial charge in [0.2, 0.25) is 6.41 Å². The van der Waals surface area contributed by atoms with E-state index in [2.05, 4.69) is 23.7 Å². The summed E-state index contributed by atoms with van der Waals surface area (Å²) in [6.07, 6.45) is 0.152. The maximum atomic E-state index is 12.3. The van der Waals surface area contributed by atoms with Crippen LogP contribution in [0.25, 0.3) is 0 Å². The molecule has 2 unspecified atom stereocenters. The van der Waals surface area contributed by atoms with E-state index in [-0.39, 0.29) is 18.1 Å². The first-order chi connectivity index (χ1) is 14.2. The highest BCUT2D eigenvalue weighted by molar-refractivity contribution is 7.93. The number of hydrogen-bond acceptors (Lipinski definition) is 7. The van der Waals surface area contributed by atoms with Crippen molar-refractivity contribution in [2.45, 2.75) is 31.1 Å². The molecule has 9 nitrogen and oxygen atoms in total. The van der Waals surface area contributed by atoms with Crippen LogP contribution in [0.5, 0.6) is 0 Å². The van der Waals surface area contributed by atoms with Crippen molar-refractivity contribution in [3.63, 3.8) is 0 Å². The monoisotopic (exact) mass is 470 g/mol. The van der Waals surface area contributed by atoms with E-state index in [0.717, 1.165) is 4.90 Å². The summed E-state index contributed by atoms with van der Waals surface area (Å²) in [7, 11) is -2.17. The minimum atomic E-state index is -3.42. The molecule has 0 bridgehead atoms. The average Bonchev–Trinajstić information content (AvgIpc) is 2.69. The molecular formula is C20H23ClN2O7S. The van der Waals surface area contributed by atoms with Crippen LogP contribution in [0.3, 0.4) is 0 Å². The molecule has 1 fully saturated rings.